The van der Waals surface area contributed by atoms with E-state index in [2.05, 4.69) is 42.7 Å². The zero-order valence-corrected chi connectivity index (χ0v) is 19.8. The van der Waals surface area contributed by atoms with E-state index in [0.29, 0.717) is 24.0 Å². The summed E-state index contributed by atoms with van der Waals surface area (Å²) in [5, 5.41) is 1.03. The number of piperidine rings is 1. The molecule has 1 aliphatic carbocycles. The van der Waals surface area contributed by atoms with Gasteiger partial charge in [0.15, 0.2) is 0 Å². The van der Waals surface area contributed by atoms with Gasteiger partial charge in [-0.15, -0.1) is 0 Å². The Morgan fingerprint density at radius 3 is 2.53 bits per heavy atom. The van der Waals surface area contributed by atoms with Crippen LogP contribution >= 0.6 is 0 Å². The van der Waals surface area contributed by atoms with Crippen molar-refractivity contribution in [3.8, 4) is 0 Å². The van der Waals surface area contributed by atoms with Crippen molar-refractivity contribution >= 4 is 16.8 Å². The van der Waals surface area contributed by atoms with E-state index >= 15 is 0 Å². The lowest BCUT2D eigenvalue weighted by Gasteiger charge is -2.39. The van der Waals surface area contributed by atoms with Crippen LogP contribution in [0.1, 0.15) is 61.6 Å². The van der Waals surface area contributed by atoms with Gasteiger partial charge in [0.05, 0.1) is 23.3 Å². The van der Waals surface area contributed by atoms with Gasteiger partial charge < -0.3 is 9.64 Å². The molecule has 32 heavy (non-hydrogen) atoms. The molecule has 2 fully saturated rings. The Morgan fingerprint density at radius 1 is 1.06 bits per heavy atom. The van der Waals surface area contributed by atoms with E-state index in [4.69, 9.17) is 9.72 Å². The molecule has 2 aliphatic heterocycles. The average Bonchev–Trinajstić information content (AvgIpc) is 2.77. The molecule has 5 nitrogen and oxygen atoms in total. The number of nitrogens with zero attached hydrogens (tertiary/aromatic N) is 3. The lowest BCUT2D eigenvalue weighted by molar-refractivity contribution is -0.0728. The van der Waals surface area contributed by atoms with Crippen LogP contribution in [0.15, 0.2) is 24.3 Å². The number of aryl methyl sites for hydroxylation is 1. The van der Waals surface area contributed by atoms with E-state index in [9.17, 15) is 4.79 Å². The van der Waals surface area contributed by atoms with Crippen LogP contribution in [0.2, 0.25) is 0 Å². The lowest BCUT2D eigenvalue weighted by atomic mass is 9.83. The lowest BCUT2D eigenvalue weighted by Crippen LogP contribution is -2.48. The van der Waals surface area contributed by atoms with Gasteiger partial charge in [-0.05, 0) is 69.4 Å². The second-order valence-electron chi connectivity index (χ2n) is 10.5. The third kappa shape index (κ3) is 4.42. The predicted molar refractivity (Wildman–Crippen MR) is 128 cm³/mol. The molecule has 0 bridgehead atoms. The number of rotatable bonds is 3. The van der Waals surface area contributed by atoms with Gasteiger partial charge in [-0.1, -0.05) is 25.1 Å². The number of benzene rings is 1. The molecule has 2 aromatic rings. The summed E-state index contributed by atoms with van der Waals surface area (Å²) in [5.74, 6) is 1.50. The molecule has 1 amide bonds. The van der Waals surface area contributed by atoms with Crippen LogP contribution < -0.4 is 0 Å². The first-order chi connectivity index (χ1) is 15.5. The Kier molecular flexibility index (Phi) is 6.22. The maximum absolute atomic E-state index is 13.8. The Bertz CT molecular complexity index is 972. The molecule has 3 aliphatic rings. The van der Waals surface area contributed by atoms with E-state index < -0.39 is 0 Å². The third-order valence-corrected chi connectivity index (χ3v) is 7.63. The summed E-state index contributed by atoms with van der Waals surface area (Å²) in [6, 6.07) is 8.21. The minimum Gasteiger partial charge on any atom is -0.373 e. The number of likely N-dealkylation sites (tertiary alicyclic amines) is 1. The molecule has 1 aromatic carbocycles. The monoisotopic (exact) mass is 435 g/mol. The Morgan fingerprint density at radius 2 is 1.78 bits per heavy atom. The van der Waals surface area contributed by atoms with Crippen LogP contribution in [0.3, 0.4) is 0 Å². The summed E-state index contributed by atoms with van der Waals surface area (Å²) in [4.78, 5) is 23.5. The largest absolute Gasteiger partial charge is 0.373 e. The number of ether oxygens (including phenoxy) is 1. The number of pyridine rings is 1. The standard InChI is InChI=1S/C27H37N3O2/c1-18-8-9-25-23(14-18)26(22-6-4-5-7-24(22)28-25)27(31)30-12-10-21(11-13-30)17-29-15-19(2)32-20(3)16-29/h4-7,18-21H,8-17H2,1-3H3. The normalized spacial score (nSPS) is 27.5. The number of carbonyl (C=O) groups excluding carboxylic acids is 1. The van der Waals surface area contributed by atoms with Gasteiger partial charge in [-0.25, -0.2) is 0 Å². The Hall–Kier alpha value is -1.98. The number of carbonyl (C=O) groups is 1. The van der Waals surface area contributed by atoms with Crippen molar-refractivity contribution in [2.75, 3.05) is 32.7 Å². The molecule has 1 aromatic heterocycles. The minimum atomic E-state index is 0.223. The highest BCUT2D eigenvalue weighted by Crippen LogP contribution is 2.33. The molecule has 3 heterocycles. The second-order valence-corrected chi connectivity index (χ2v) is 10.5. The van der Waals surface area contributed by atoms with E-state index in [-0.39, 0.29) is 5.91 Å². The van der Waals surface area contributed by atoms with Crippen LogP contribution in [0.25, 0.3) is 10.9 Å². The second kappa shape index (κ2) is 9.11. The van der Waals surface area contributed by atoms with E-state index in [0.717, 1.165) is 87.0 Å². The van der Waals surface area contributed by atoms with Gasteiger partial charge in [0, 0.05) is 43.8 Å². The van der Waals surface area contributed by atoms with Gasteiger partial charge in [0.1, 0.15) is 0 Å². The van der Waals surface area contributed by atoms with Gasteiger partial charge >= 0.3 is 0 Å². The van der Waals surface area contributed by atoms with Gasteiger partial charge in [-0.3, -0.25) is 14.7 Å². The summed E-state index contributed by atoms with van der Waals surface area (Å²) in [6.45, 7) is 11.5. The molecule has 2 saturated heterocycles. The first-order valence-corrected chi connectivity index (χ1v) is 12.6. The number of amides is 1. The van der Waals surface area contributed by atoms with Crippen molar-refractivity contribution in [1.82, 2.24) is 14.8 Å². The zero-order chi connectivity index (χ0) is 22.2. The fraction of sp³-hybridized carbons (Fsp3) is 0.630. The van der Waals surface area contributed by atoms with Crippen LogP contribution in [-0.2, 0) is 17.6 Å². The summed E-state index contributed by atoms with van der Waals surface area (Å²) < 4.78 is 5.89. The molecule has 3 atom stereocenters. The topological polar surface area (TPSA) is 45.7 Å². The van der Waals surface area contributed by atoms with Crippen molar-refractivity contribution in [3.05, 3.63) is 41.1 Å². The van der Waals surface area contributed by atoms with Crippen LogP contribution in [0.5, 0.6) is 0 Å². The summed E-state index contributed by atoms with van der Waals surface area (Å²) in [7, 11) is 0. The quantitative estimate of drug-likeness (QED) is 0.720. The van der Waals surface area contributed by atoms with Gasteiger partial charge in [0.2, 0.25) is 0 Å². The predicted octanol–water partition coefficient (Wildman–Crippen LogP) is 4.32. The Balaban J connectivity index is 1.32. The number of aromatic nitrogens is 1. The van der Waals surface area contributed by atoms with Crippen LogP contribution in [0.4, 0.5) is 0 Å². The van der Waals surface area contributed by atoms with Gasteiger partial charge in [0.25, 0.3) is 5.91 Å². The van der Waals surface area contributed by atoms with Crippen LogP contribution in [-0.4, -0.2) is 65.6 Å². The molecule has 5 heteroatoms. The maximum atomic E-state index is 13.8. The SMILES string of the molecule is CC1CCc2nc3ccccc3c(C(=O)N3CCC(CN4CC(C)OC(C)C4)CC3)c2C1. The molecule has 0 radical (unpaired) electrons. The number of hydrogen-bond donors (Lipinski definition) is 0. The zero-order valence-electron chi connectivity index (χ0n) is 19.8. The fourth-order valence-electron chi connectivity index (χ4n) is 6.08. The third-order valence-electron chi connectivity index (χ3n) is 7.63. The van der Waals surface area contributed by atoms with E-state index in [1.807, 2.05) is 12.1 Å². The molecule has 0 spiro atoms. The molecular formula is C27H37N3O2. The van der Waals surface area contributed by atoms with E-state index in [1.54, 1.807) is 0 Å². The first kappa shape index (κ1) is 21.8. The minimum absolute atomic E-state index is 0.223. The molecule has 0 N–H and O–H groups in total. The molecule has 5 rings (SSSR count). The Labute approximate surface area is 192 Å². The summed E-state index contributed by atoms with van der Waals surface area (Å²) in [6.07, 6.45) is 5.93. The van der Waals surface area contributed by atoms with Crippen LogP contribution in [0, 0.1) is 11.8 Å². The summed E-state index contributed by atoms with van der Waals surface area (Å²) >= 11 is 0. The van der Waals surface area contributed by atoms with Crippen molar-refractivity contribution < 1.29 is 9.53 Å². The highest BCUT2D eigenvalue weighted by Gasteiger charge is 2.31. The maximum Gasteiger partial charge on any atom is 0.254 e. The summed E-state index contributed by atoms with van der Waals surface area (Å²) in [5.41, 5.74) is 4.27. The average molecular weight is 436 g/mol. The van der Waals surface area contributed by atoms with Crippen molar-refractivity contribution in [2.24, 2.45) is 11.8 Å². The highest BCUT2D eigenvalue weighted by atomic mass is 16.5. The number of morpholine rings is 1. The van der Waals surface area contributed by atoms with E-state index in [1.165, 1.54) is 5.56 Å². The first-order valence-electron chi connectivity index (χ1n) is 12.6. The molecule has 0 saturated carbocycles. The number of hydrogen-bond acceptors (Lipinski definition) is 4. The molecular weight excluding hydrogens is 398 g/mol. The smallest absolute Gasteiger partial charge is 0.254 e. The highest BCUT2D eigenvalue weighted by molar-refractivity contribution is 6.07. The van der Waals surface area contributed by atoms with Gasteiger partial charge in [-0.2, -0.15) is 0 Å². The number of para-hydroxylation sites is 1. The molecule has 172 valence electrons. The van der Waals surface area contributed by atoms with Crippen molar-refractivity contribution in [1.29, 1.82) is 0 Å². The molecule has 3 unspecified atom stereocenters. The fourth-order valence-corrected chi connectivity index (χ4v) is 6.08. The van der Waals surface area contributed by atoms with Crippen molar-refractivity contribution in [2.45, 2.75) is 65.1 Å². The number of fused-ring (bicyclic) bond motifs is 2. The van der Waals surface area contributed by atoms with Crippen molar-refractivity contribution in [3.63, 3.8) is 0 Å².